The second-order valence-corrected chi connectivity index (χ2v) is 5.98. The highest BCUT2D eigenvalue weighted by Crippen LogP contribution is 2.26. The Morgan fingerprint density at radius 2 is 1.68 bits per heavy atom. The third-order valence-electron chi connectivity index (χ3n) is 3.47. The molecule has 1 aliphatic heterocycles. The van der Waals surface area contributed by atoms with Crippen LogP contribution in [0.25, 0.3) is 6.08 Å². The van der Waals surface area contributed by atoms with Crippen molar-refractivity contribution in [1.29, 1.82) is 0 Å². The molecule has 0 saturated carbocycles. The maximum atomic E-state index is 12.7. The maximum absolute atomic E-state index is 12.7. The van der Waals surface area contributed by atoms with Gasteiger partial charge in [0.2, 0.25) is 0 Å². The summed E-state index contributed by atoms with van der Waals surface area (Å²) in [5.41, 5.74) is 0.363. The van der Waals surface area contributed by atoms with E-state index in [1.807, 2.05) is 0 Å². The quantitative estimate of drug-likeness (QED) is 0.621. The van der Waals surface area contributed by atoms with E-state index in [2.05, 4.69) is 5.32 Å². The van der Waals surface area contributed by atoms with Gasteiger partial charge in [0, 0.05) is 10.0 Å². The third-order valence-corrected chi connectivity index (χ3v) is 4.03. The normalized spacial score (nSPS) is 16.3. The zero-order chi connectivity index (χ0) is 18.1. The molecule has 0 bridgehead atoms. The first-order valence-corrected chi connectivity index (χ1v) is 7.78. The summed E-state index contributed by atoms with van der Waals surface area (Å²) in [6.07, 6.45) is 1.29. The Kier molecular flexibility index (Phi) is 4.48. The second kappa shape index (κ2) is 6.58. The Morgan fingerprint density at radius 1 is 1.00 bits per heavy atom. The molecule has 0 aliphatic carbocycles. The molecule has 2 aromatic rings. The van der Waals surface area contributed by atoms with E-state index in [4.69, 9.17) is 23.2 Å². The van der Waals surface area contributed by atoms with Crippen LogP contribution in [-0.4, -0.2) is 23.0 Å². The number of nitrogens with one attached hydrogen (secondary N) is 1. The molecule has 1 fully saturated rings. The van der Waals surface area contributed by atoms with Gasteiger partial charge in [-0.05, 0) is 48.0 Å². The van der Waals surface area contributed by atoms with E-state index >= 15 is 0 Å². The van der Waals surface area contributed by atoms with Crippen LogP contribution in [0.15, 0.2) is 48.0 Å². The molecule has 2 N–H and O–H groups in total. The van der Waals surface area contributed by atoms with E-state index in [1.165, 1.54) is 36.4 Å². The van der Waals surface area contributed by atoms with Crippen LogP contribution in [0.1, 0.15) is 5.56 Å². The zero-order valence-corrected chi connectivity index (χ0v) is 14.0. The summed E-state index contributed by atoms with van der Waals surface area (Å²) >= 11 is 11.9. The van der Waals surface area contributed by atoms with Crippen molar-refractivity contribution < 1.29 is 19.5 Å². The molecule has 6 nitrogen and oxygen atoms in total. The Labute approximate surface area is 152 Å². The number of nitrogens with zero attached hydrogens (tertiary/aromatic N) is 1. The molecule has 0 unspecified atom stereocenters. The standard InChI is InChI=1S/C17H10Cl2N2O4/c18-10-2-1-9(14(19)8-10)7-13-15(23)20-17(25)21(16(13)24)11-3-5-12(22)6-4-11/h1-8,22H,(H,20,23,25)/b13-7+. The van der Waals surface area contributed by atoms with Gasteiger partial charge in [0.25, 0.3) is 11.8 Å². The number of imide groups is 2. The lowest BCUT2D eigenvalue weighted by Crippen LogP contribution is -2.54. The summed E-state index contributed by atoms with van der Waals surface area (Å²) in [5.74, 6) is -1.64. The van der Waals surface area contributed by atoms with Gasteiger partial charge in [-0.25, -0.2) is 9.69 Å². The first kappa shape index (κ1) is 17.0. The van der Waals surface area contributed by atoms with Crippen LogP contribution in [0.4, 0.5) is 10.5 Å². The van der Waals surface area contributed by atoms with Crippen LogP contribution >= 0.6 is 23.2 Å². The van der Waals surface area contributed by atoms with Gasteiger partial charge >= 0.3 is 6.03 Å². The third kappa shape index (κ3) is 3.35. The van der Waals surface area contributed by atoms with Gasteiger partial charge in [-0.15, -0.1) is 0 Å². The first-order chi connectivity index (χ1) is 11.9. The lowest BCUT2D eigenvalue weighted by Gasteiger charge is -2.26. The highest BCUT2D eigenvalue weighted by molar-refractivity contribution is 6.40. The molecule has 0 atom stereocenters. The number of urea groups is 1. The number of carbonyl (C=O) groups excluding carboxylic acids is 3. The molecule has 8 heteroatoms. The van der Waals surface area contributed by atoms with E-state index in [9.17, 15) is 19.5 Å². The maximum Gasteiger partial charge on any atom is 0.335 e. The number of halogens is 2. The number of hydrogen-bond acceptors (Lipinski definition) is 4. The lowest BCUT2D eigenvalue weighted by atomic mass is 10.1. The number of carbonyl (C=O) groups is 3. The van der Waals surface area contributed by atoms with Crippen LogP contribution in [0, 0.1) is 0 Å². The van der Waals surface area contributed by atoms with E-state index in [0.717, 1.165) is 4.90 Å². The van der Waals surface area contributed by atoms with Crippen molar-refractivity contribution >= 4 is 52.8 Å². The molecular weight excluding hydrogens is 367 g/mol. The number of anilines is 1. The summed E-state index contributed by atoms with van der Waals surface area (Å²) < 4.78 is 0. The highest BCUT2D eigenvalue weighted by atomic mass is 35.5. The van der Waals surface area contributed by atoms with Gasteiger partial charge in [-0.2, -0.15) is 0 Å². The fourth-order valence-electron chi connectivity index (χ4n) is 2.27. The van der Waals surface area contributed by atoms with Crippen molar-refractivity contribution in [2.75, 3.05) is 4.90 Å². The van der Waals surface area contributed by atoms with Crippen LogP contribution in [-0.2, 0) is 9.59 Å². The van der Waals surface area contributed by atoms with Crippen molar-refractivity contribution in [3.05, 3.63) is 63.6 Å². The fourth-order valence-corrected chi connectivity index (χ4v) is 2.73. The van der Waals surface area contributed by atoms with Crippen molar-refractivity contribution in [3.63, 3.8) is 0 Å². The Bertz CT molecular complexity index is 923. The summed E-state index contributed by atoms with van der Waals surface area (Å²) in [5, 5.41) is 12.1. The first-order valence-electron chi connectivity index (χ1n) is 7.02. The molecule has 126 valence electrons. The minimum Gasteiger partial charge on any atom is -0.508 e. The topological polar surface area (TPSA) is 86.7 Å². The van der Waals surface area contributed by atoms with Gasteiger partial charge in [0.1, 0.15) is 11.3 Å². The molecule has 4 amide bonds. The van der Waals surface area contributed by atoms with Gasteiger partial charge in [-0.1, -0.05) is 29.3 Å². The van der Waals surface area contributed by atoms with Crippen molar-refractivity contribution in [1.82, 2.24) is 5.32 Å². The van der Waals surface area contributed by atoms with E-state index in [-0.39, 0.29) is 22.0 Å². The fraction of sp³-hybridized carbons (Fsp3) is 0. The predicted molar refractivity (Wildman–Crippen MR) is 93.6 cm³/mol. The molecule has 25 heavy (non-hydrogen) atoms. The predicted octanol–water partition coefficient (Wildman–Crippen LogP) is 3.37. The smallest absolute Gasteiger partial charge is 0.335 e. The Balaban J connectivity index is 2.03. The van der Waals surface area contributed by atoms with E-state index < -0.39 is 17.8 Å². The number of rotatable bonds is 2. The summed E-state index contributed by atoms with van der Waals surface area (Å²) in [7, 11) is 0. The zero-order valence-electron chi connectivity index (χ0n) is 12.5. The van der Waals surface area contributed by atoms with Gasteiger partial charge in [-0.3, -0.25) is 14.9 Å². The second-order valence-electron chi connectivity index (χ2n) is 5.14. The number of hydrogen-bond donors (Lipinski definition) is 2. The van der Waals surface area contributed by atoms with E-state index in [1.54, 1.807) is 12.1 Å². The molecule has 1 aliphatic rings. The number of aromatic hydroxyl groups is 1. The number of amides is 4. The molecule has 2 aromatic carbocycles. The van der Waals surface area contributed by atoms with Crippen LogP contribution in [0.5, 0.6) is 5.75 Å². The highest BCUT2D eigenvalue weighted by Gasteiger charge is 2.36. The summed E-state index contributed by atoms with van der Waals surface area (Å²) in [6.45, 7) is 0. The molecule has 0 aromatic heterocycles. The molecule has 0 radical (unpaired) electrons. The van der Waals surface area contributed by atoms with Crippen LogP contribution < -0.4 is 10.2 Å². The number of phenols is 1. The average Bonchev–Trinajstić information content (AvgIpc) is 2.55. The van der Waals surface area contributed by atoms with Crippen molar-refractivity contribution in [3.8, 4) is 5.75 Å². The van der Waals surface area contributed by atoms with E-state index in [0.29, 0.717) is 10.6 Å². The number of barbiturate groups is 1. The molecule has 1 heterocycles. The van der Waals surface area contributed by atoms with Gasteiger partial charge in [0.05, 0.1) is 5.69 Å². The van der Waals surface area contributed by atoms with Gasteiger partial charge < -0.3 is 5.11 Å². The molecule has 1 saturated heterocycles. The van der Waals surface area contributed by atoms with Crippen molar-refractivity contribution in [2.45, 2.75) is 0 Å². The summed E-state index contributed by atoms with van der Waals surface area (Å²) in [4.78, 5) is 37.6. The lowest BCUT2D eigenvalue weighted by molar-refractivity contribution is -0.122. The largest absolute Gasteiger partial charge is 0.508 e. The Morgan fingerprint density at radius 3 is 2.32 bits per heavy atom. The Hall–Kier alpha value is -2.83. The monoisotopic (exact) mass is 376 g/mol. The molecular formula is C17H10Cl2N2O4. The minimum absolute atomic E-state index is 0.0200. The average molecular weight is 377 g/mol. The van der Waals surface area contributed by atoms with Gasteiger partial charge in [0.15, 0.2) is 0 Å². The SMILES string of the molecule is O=C1NC(=O)N(c2ccc(O)cc2)C(=O)/C1=C/c1ccc(Cl)cc1Cl. The van der Waals surface area contributed by atoms with Crippen LogP contribution in [0.3, 0.4) is 0 Å². The minimum atomic E-state index is -0.875. The van der Waals surface area contributed by atoms with Crippen molar-refractivity contribution in [2.24, 2.45) is 0 Å². The molecule has 0 spiro atoms. The number of phenolic OH excluding ortho intramolecular Hbond substituents is 1. The van der Waals surface area contributed by atoms with Crippen LogP contribution in [0.2, 0.25) is 10.0 Å². The summed E-state index contributed by atoms with van der Waals surface area (Å²) in [6, 6.07) is 9.14. The number of benzene rings is 2. The molecule has 3 rings (SSSR count).